The molecule has 5 rings (SSSR count). The Kier molecular flexibility index (Phi) is 5.05. The summed E-state index contributed by atoms with van der Waals surface area (Å²) >= 11 is 0. The lowest BCUT2D eigenvalue weighted by Gasteiger charge is -2.19. The summed E-state index contributed by atoms with van der Waals surface area (Å²) in [5, 5.41) is 0. The second-order valence-electron chi connectivity index (χ2n) is 8.36. The molecule has 3 aromatic rings. The second kappa shape index (κ2) is 7.88. The normalized spacial score (nSPS) is 20.1. The summed E-state index contributed by atoms with van der Waals surface area (Å²) in [7, 11) is 1.59. The van der Waals surface area contributed by atoms with Crippen molar-refractivity contribution >= 4 is 17.5 Å². The van der Waals surface area contributed by atoms with E-state index >= 15 is 0 Å². The molecule has 1 aliphatic carbocycles. The third kappa shape index (κ3) is 3.74. The molecule has 0 bridgehead atoms. The Hall–Kier alpha value is -3.07. The van der Waals surface area contributed by atoms with Crippen LogP contribution >= 0.6 is 0 Å². The van der Waals surface area contributed by atoms with Gasteiger partial charge in [0, 0.05) is 49.4 Å². The van der Waals surface area contributed by atoms with E-state index < -0.39 is 0 Å². The van der Waals surface area contributed by atoms with Gasteiger partial charge >= 0.3 is 0 Å². The molecule has 1 atom stereocenters. The number of likely N-dealkylation sites (tertiary alicyclic amines) is 1. The lowest BCUT2D eigenvalue weighted by atomic mass is 10.1. The van der Waals surface area contributed by atoms with Crippen molar-refractivity contribution in [2.24, 2.45) is 5.41 Å². The number of rotatable bonds is 8. The fourth-order valence-corrected chi connectivity index (χ4v) is 4.30. The van der Waals surface area contributed by atoms with Gasteiger partial charge in [0.25, 0.3) is 0 Å². The molecule has 4 heterocycles. The summed E-state index contributed by atoms with van der Waals surface area (Å²) < 4.78 is 13.6. The molecule has 0 radical (unpaired) electrons. The summed E-state index contributed by atoms with van der Waals surface area (Å²) in [4.78, 5) is 31.5. The molecule has 0 spiro atoms. The topological polar surface area (TPSA) is 95.3 Å². The summed E-state index contributed by atoms with van der Waals surface area (Å²) in [5.41, 5.74) is 2.18. The van der Waals surface area contributed by atoms with E-state index in [1.54, 1.807) is 13.3 Å². The number of fused-ring (bicyclic) bond motifs is 1. The molecule has 31 heavy (non-hydrogen) atoms. The third-order valence-corrected chi connectivity index (χ3v) is 6.21. The van der Waals surface area contributed by atoms with Crippen molar-refractivity contribution in [2.75, 3.05) is 26.7 Å². The first-order valence-electron chi connectivity index (χ1n) is 10.7. The standard InChI is InChI=1S/C22H26N6O3/c1-3-28-19(15-4-8-23-17(10-15)30-2)26-18-20(28)24-14-25-21(18)31-16-5-9-27(11-16)12-22(13-29)6-7-22/h4,8,10,13-14,16H,3,5-7,9,11-12H2,1-2H3/t16-/m0/s1. The molecule has 2 fully saturated rings. The molecular formula is C22H26N6O3. The van der Waals surface area contributed by atoms with Gasteiger partial charge in [-0.2, -0.15) is 4.98 Å². The number of aryl methyl sites for hydroxylation is 1. The highest BCUT2D eigenvalue weighted by molar-refractivity contribution is 5.81. The molecule has 1 saturated heterocycles. The van der Waals surface area contributed by atoms with E-state index in [2.05, 4.69) is 26.8 Å². The maximum absolute atomic E-state index is 11.3. The first-order chi connectivity index (χ1) is 15.1. The van der Waals surface area contributed by atoms with E-state index in [1.165, 1.54) is 6.33 Å². The van der Waals surface area contributed by atoms with Crippen LogP contribution in [0.15, 0.2) is 24.7 Å². The van der Waals surface area contributed by atoms with E-state index in [4.69, 9.17) is 14.5 Å². The van der Waals surface area contributed by atoms with Gasteiger partial charge in [0.2, 0.25) is 11.8 Å². The molecule has 0 unspecified atom stereocenters. The largest absolute Gasteiger partial charge is 0.481 e. The number of carbonyl (C=O) groups excluding carboxylic acids is 1. The third-order valence-electron chi connectivity index (χ3n) is 6.21. The highest BCUT2D eigenvalue weighted by Crippen LogP contribution is 2.44. The zero-order valence-corrected chi connectivity index (χ0v) is 17.8. The van der Waals surface area contributed by atoms with Crippen molar-refractivity contribution < 1.29 is 14.3 Å². The van der Waals surface area contributed by atoms with Crippen LogP contribution in [0.4, 0.5) is 0 Å². The van der Waals surface area contributed by atoms with Crippen molar-refractivity contribution in [3.63, 3.8) is 0 Å². The van der Waals surface area contributed by atoms with Gasteiger partial charge in [0.1, 0.15) is 24.5 Å². The van der Waals surface area contributed by atoms with E-state index in [0.717, 1.165) is 62.2 Å². The van der Waals surface area contributed by atoms with Crippen LogP contribution < -0.4 is 9.47 Å². The van der Waals surface area contributed by atoms with Crippen molar-refractivity contribution in [3.8, 4) is 23.1 Å². The van der Waals surface area contributed by atoms with E-state index in [-0.39, 0.29) is 11.5 Å². The number of hydrogen-bond acceptors (Lipinski definition) is 8. The predicted octanol–water partition coefficient (Wildman–Crippen LogP) is 2.35. The number of nitrogens with zero attached hydrogens (tertiary/aromatic N) is 6. The number of aldehydes is 1. The Morgan fingerprint density at radius 1 is 1.29 bits per heavy atom. The molecule has 0 aromatic carbocycles. The Labute approximate surface area is 180 Å². The van der Waals surface area contributed by atoms with Gasteiger partial charge in [0.15, 0.2) is 11.2 Å². The van der Waals surface area contributed by atoms with Crippen LogP contribution in [0.3, 0.4) is 0 Å². The van der Waals surface area contributed by atoms with Crippen LogP contribution in [0, 0.1) is 5.41 Å². The molecule has 1 aliphatic heterocycles. The average Bonchev–Trinajstić information content (AvgIpc) is 3.26. The zero-order chi connectivity index (χ0) is 21.4. The van der Waals surface area contributed by atoms with Crippen LogP contribution in [-0.2, 0) is 11.3 Å². The number of imidazole rings is 1. The number of aromatic nitrogens is 5. The average molecular weight is 422 g/mol. The van der Waals surface area contributed by atoms with Crippen LogP contribution in [0.25, 0.3) is 22.6 Å². The highest BCUT2D eigenvalue weighted by atomic mass is 16.5. The zero-order valence-electron chi connectivity index (χ0n) is 17.8. The van der Waals surface area contributed by atoms with Gasteiger partial charge < -0.3 is 18.8 Å². The monoisotopic (exact) mass is 422 g/mol. The van der Waals surface area contributed by atoms with Crippen LogP contribution in [0.1, 0.15) is 26.2 Å². The summed E-state index contributed by atoms with van der Waals surface area (Å²) in [6, 6.07) is 3.76. The van der Waals surface area contributed by atoms with Crippen LogP contribution in [-0.4, -0.2) is 68.5 Å². The summed E-state index contributed by atoms with van der Waals surface area (Å²) in [6.07, 6.45) is 7.29. The van der Waals surface area contributed by atoms with Crippen LogP contribution in [0.2, 0.25) is 0 Å². The molecule has 1 saturated carbocycles. The van der Waals surface area contributed by atoms with Crippen molar-refractivity contribution in [1.82, 2.24) is 29.4 Å². The number of carbonyl (C=O) groups is 1. The van der Waals surface area contributed by atoms with Crippen molar-refractivity contribution in [1.29, 1.82) is 0 Å². The maximum Gasteiger partial charge on any atom is 0.245 e. The van der Waals surface area contributed by atoms with Gasteiger partial charge in [-0.25, -0.2) is 15.0 Å². The highest BCUT2D eigenvalue weighted by Gasteiger charge is 2.45. The minimum Gasteiger partial charge on any atom is -0.481 e. The minimum atomic E-state index is -0.114. The number of ether oxygens (including phenoxy) is 2. The fourth-order valence-electron chi connectivity index (χ4n) is 4.30. The molecular weight excluding hydrogens is 396 g/mol. The molecule has 2 aliphatic rings. The molecule has 162 valence electrons. The molecule has 9 heteroatoms. The Balaban J connectivity index is 1.41. The van der Waals surface area contributed by atoms with Gasteiger partial charge in [-0.15, -0.1) is 0 Å². The molecule has 0 amide bonds. The first-order valence-corrected chi connectivity index (χ1v) is 10.7. The first kappa shape index (κ1) is 19.9. The lowest BCUT2D eigenvalue weighted by molar-refractivity contribution is -0.112. The van der Waals surface area contributed by atoms with Crippen molar-refractivity contribution in [3.05, 3.63) is 24.7 Å². The molecule has 9 nitrogen and oxygen atoms in total. The molecule has 3 aromatic heterocycles. The Morgan fingerprint density at radius 3 is 2.90 bits per heavy atom. The predicted molar refractivity (Wildman–Crippen MR) is 114 cm³/mol. The van der Waals surface area contributed by atoms with E-state index in [0.29, 0.717) is 23.8 Å². The Bertz CT molecular complexity index is 1110. The summed E-state index contributed by atoms with van der Waals surface area (Å²) in [5.74, 6) is 1.81. The maximum atomic E-state index is 11.3. The van der Waals surface area contributed by atoms with Crippen LogP contribution in [0.5, 0.6) is 11.8 Å². The van der Waals surface area contributed by atoms with Gasteiger partial charge in [-0.05, 0) is 32.3 Å². The quantitative estimate of drug-likeness (QED) is 0.511. The Morgan fingerprint density at radius 2 is 2.16 bits per heavy atom. The van der Waals surface area contributed by atoms with E-state index in [1.807, 2.05) is 16.7 Å². The molecule has 0 N–H and O–H groups in total. The van der Waals surface area contributed by atoms with Crippen molar-refractivity contribution in [2.45, 2.75) is 38.8 Å². The lowest BCUT2D eigenvalue weighted by Crippen LogP contribution is -2.31. The SMILES string of the molecule is CCn1c(-c2ccnc(OC)c2)nc2c(O[C@H]3CCN(CC4(C=O)CC4)C3)ncnc21. The number of hydrogen-bond donors (Lipinski definition) is 0. The number of methoxy groups -OCH3 is 1. The van der Waals surface area contributed by atoms with Gasteiger partial charge in [-0.3, -0.25) is 4.90 Å². The van der Waals surface area contributed by atoms with E-state index in [9.17, 15) is 4.79 Å². The summed E-state index contributed by atoms with van der Waals surface area (Å²) in [6.45, 7) is 5.32. The van der Waals surface area contributed by atoms with Gasteiger partial charge in [-0.1, -0.05) is 0 Å². The van der Waals surface area contributed by atoms with Gasteiger partial charge in [0.05, 0.1) is 7.11 Å². The number of pyridine rings is 1. The second-order valence-corrected chi connectivity index (χ2v) is 8.36. The smallest absolute Gasteiger partial charge is 0.245 e. The fraction of sp³-hybridized carbons (Fsp3) is 0.500. The minimum absolute atomic E-state index is 0.0248.